The zero-order chi connectivity index (χ0) is 12.5. The zero-order valence-corrected chi connectivity index (χ0v) is 11.5. The van der Waals surface area contributed by atoms with Crippen molar-refractivity contribution in [3.63, 3.8) is 0 Å². The van der Waals surface area contributed by atoms with Gasteiger partial charge in [0.05, 0.1) is 11.5 Å². The molecule has 4 nitrogen and oxygen atoms in total. The van der Waals surface area contributed by atoms with Gasteiger partial charge in [0.25, 0.3) is 0 Å². The number of hydrogen-bond donors (Lipinski definition) is 1. The summed E-state index contributed by atoms with van der Waals surface area (Å²) < 4.78 is 23.5. The van der Waals surface area contributed by atoms with Crippen molar-refractivity contribution in [2.24, 2.45) is 5.73 Å². The number of piperidine rings is 1. The Bertz CT molecular complexity index is 369. The summed E-state index contributed by atoms with van der Waals surface area (Å²) in [7, 11) is -2.87. The van der Waals surface area contributed by atoms with E-state index >= 15 is 0 Å². The summed E-state index contributed by atoms with van der Waals surface area (Å²) in [5, 5.41) is 0. The average Bonchev–Trinajstić information content (AvgIpc) is 2.66. The Balaban J connectivity index is 2.22. The van der Waals surface area contributed by atoms with Crippen LogP contribution in [0, 0.1) is 0 Å². The second kappa shape index (κ2) is 4.86. The molecule has 0 aliphatic carbocycles. The molecule has 5 heteroatoms. The highest BCUT2D eigenvalue weighted by molar-refractivity contribution is 7.91. The summed E-state index contributed by atoms with van der Waals surface area (Å²) in [5.74, 6) is 0.587. The predicted molar refractivity (Wildman–Crippen MR) is 69.7 cm³/mol. The van der Waals surface area contributed by atoms with Crippen molar-refractivity contribution in [2.45, 2.75) is 50.6 Å². The minimum Gasteiger partial charge on any atom is -0.329 e. The van der Waals surface area contributed by atoms with E-state index in [1.54, 1.807) is 0 Å². The Morgan fingerprint density at radius 1 is 1.41 bits per heavy atom. The van der Waals surface area contributed by atoms with Gasteiger partial charge in [0.15, 0.2) is 9.84 Å². The quantitative estimate of drug-likeness (QED) is 0.814. The van der Waals surface area contributed by atoms with Crippen LogP contribution >= 0.6 is 0 Å². The molecule has 0 bridgehead atoms. The molecule has 100 valence electrons. The van der Waals surface area contributed by atoms with Gasteiger partial charge in [-0.1, -0.05) is 13.3 Å². The van der Waals surface area contributed by atoms with E-state index in [2.05, 4.69) is 11.8 Å². The number of nitrogens with zero attached hydrogens (tertiary/aromatic N) is 1. The van der Waals surface area contributed by atoms with E-state index in [0.29, 0.717) is 18.3 Å². The van der Waals surface area contributed by atoms with Gasteiger partial charge in [-0.3, -0.25) is 4.90 Å². The summed E-state index contributed by atoms with van der Waals surface area (Å²) in [6, 6.07) is 0.528. The van der Waals surface area contributed by atoms with Crippen LogP contribution in [0.2, 0.25) is 0 Å². The van der Waals surface area contributed by atoms with Gasteiger partial charge in [-0.2, -0.15) is 0 Å². The van der Waals surface area contributed by atoms with Crippen molar-refractivity contribution in [3.05, 3.63) is 0 Å². The van der Waals surface area contributed by atoms with Crippen molar-refractivity contribution in [1.82, 2.24) is 4.90 Å². The van der Waals surface area contributed by atoms with Crippen LogP contribution in [0.4, 0.5) is 0 Å². The van der Waals surface area contributed by atoms with Crippen LogP contribution in [-0.4, -0.2) is 49.5 Å². The van der Waals surface area contributed by atoms with Crippen LogP contribution in [0.5, 0.6) is 0 Å². The minimum absolute atomic E-state index is 0.264. The zero-order valence-electron chi connectivity index (χ0n) is 10.7. The smallest absolute Gasteiger partial charge is 0.152 e. The predicted octanol–water partition coefficient (Wildman–Crippen LogP) is 0.767. The number of nitrogens with two attached hydrogens (primary N) is 1. The standard InChI is InChI=1S/C12H24N2O2S/c1-2-11-5-3-4-7-14(11)12(9-13)6-8-17(15,16)10-12/h11H,2-10,13H2,1H3. The molecule has 0 aromatic rings. The molecule has 17 heavy (non-hydrogen) atoms. The van der Waals surface area contributed by atoms with Gasteiger partial charge in [0, 0.05) is 18.1 Å². The maximum absolute atomic E-state index is 11.8. The van der Waals surface area contributed by atoms with Crippen molar-refractivity contribution >= 4 is 9.84 Å². The molecular formula is C12H24N2O2S. The van der Waals surface area contributed by atoms with Crippen LogP contribution in [0.25, 0.3) is 0 Å². The first-order chi connectivity index (χ1) is 8.03. The highest BCUT2D eigenvalue weighted by Gasteiger charge is 2.47. The second-order valence-electron chi connectivity index (χ2n) is 5.52. The van der Waals surface area contributed by atoms with Crippen molar-refractivity contribution in [1.29, 1.82) is 0 Å². The third kappa shape index (κ3) is 2.51. The molecule has 0 spiro atoms. The number of sulfone groups is 1. The van der Waals surface area contributed by atoms with Gasteiger partial charge in [0.1, 0.15) is 0 Å². The maximum Gasteiger partial charge on any atom is 0.152 e. The Labute approximate surface area is 104 Å². The summed E-state index contributed by atoms with van der Waals surface area (Å²) in [5.41, 5.74) is 5.67. The lowest BCUT2D eigenvalue weighted by molar-refractivity contribution is 0.0360. The van der Waals surface area contributed by atoms with Crippen molar-refractivity contribution < 1.29 is 8.42 Å². The monoisotopic (exact) mass is 260 g/mol. The molecular weight excluding hydrogens is 236 g/mol. The van der Waals surface area contributed by atoms with Gasteiger partial charge in [0.2, 0.25) is 0 Å². The highest BCUT2D eigenvalue weighted by atomic mass is 32.2. The van der Waals surface area contributed by atoms with Crippen molar-refractivity contribution in [2.75, 3.05) is 24.6 Å². The summed E-state index contributed by atoms with van der Waals surface area (Å²) in [6.07, 6.45) is 5.46. The van der Waals surface area contributed by atoms with Gasteiger partial charge in [-0.25, -0.2) is 8.42 Å². The summed E-state index contributed by atoms with van der Waals surface area (Å²) in [6.45, 7) is 3.69. The molecule has 2 aliphatic rings. The Morgan fingerprint density at radius 3 is 2.71 bits per heavy atom. The molecule has 2 N–H and O–H groups in total. The van der Waals surface area contributed by atoms with Gasteiger partial charge < -0.3 is 5.73 Å². The fourth-order valence-corrected chi connectivity index (χ4v) is 5.54. The number of hydrogen-bond acceptors (Lipinski definition) is 4. The summed E-state index contributed by atoms with van der Waals surface area (Å²) in [4.78, 5) is 2.42. The molecule has 0 aromatic carbocycles. The average molecular weight is 260 g/mol. The Morgan fingerprint density at radius 2 is 2.18 bits per heavy atom. The lowest BCUT2D eigenvalue weighted by Gasteiger charge is -2.47. The summed E-state index contributed by atoms with van der Waals surface area (Å²) >= 11 is 0. The topological polar surface area (TPSA) is 63.4 Å². The van der Waals surface area contributed by atoms with Crippen molar-refractivity contribution in [3.8, 4) is 0 Å². The second-order valence-corrected chi connectivity index (χ2v) is 7.71. The van der Waals surface area contributed by atoms with Crippen LogP contribution in [-0.2, 0) is 9.84 Å². The molecule has 0 amide bonds. The number of likely N-dealkylation sites (tertiary alicyclic amines) is 1. The van der Waals surface area contributed by atoms with Crippen LogP contribution in [0.15, 0.2) is 0 Å². The van der Waals surface area contributed by atoms with E-state index < -0.39 is 9.84 Å². The molecule has 2 saturated heterocycles. The van der Waals surface area contributed by atoms with Crippen LogP contribution in [0.1, 0.15) is 39.0 Å². The molecule has 2 unspecified atom stereocenters. The fourth-order valence-electron chi connectivity index (χ4n) is 3.45. The lowest BCUT2D eigenvalue weighted by atomic mass is 9.89. The molecule has 0 saturated carbocycles. The molecule has 2 atom stereocenters. The lowest BCUT2D eigenvalue weighted by Crippen LogP contribution is -2.60. The third-order valence-electron chi connectivity index (χ3n) is 4.45. The van der Waals surface area contributed by atoms with Gasteiger partial charge in [-0.05, 0) is 32.2 Å². The molecule has 2 rings (SSSR count). The van der Waals surface area contributed by atoms with Gasteiger partial charge >= 0.3 is 0 Å². The molecule has 0 aromatic heterocycles. The van der Waals surface area contributed by atoms with Crippen LogP contribution in [0.3, 0.4) is 0 Å². The van der Waals surface area contributed by atoms with E-state index in [9.17, 15) is 8.42 Å². The van der Waals surface area contributed by atoms with Crippen LogP contribution < -0.4 is 5.73 Å². The first kappa shape index (κ1) is 13.3. The Hall–Kier alpha value is -0.130. The van der Waals surface area contributed by atoms with E-state index in [1.165, 1.54) is 19.3 Å². The third-order valence-corrected chi connectivity index (χ3v) is 6.26. The SMILES string of the molecule is CCC1CCCCN1C1(CN)CCS(=O)(=O)C1. The normalized spacial score (nSPS) is 38.4. The molecule has 2 fully saturated rings. The number of rotatable bonds is 3. The first-order valence-electron chi connectivity index (χ1n) is 6.70. The van der Waals surface area contributed by atoms with E-state index in [-0.39, 0.29) is 11.3 Å². The largest absolute Gasteiger partial charge is 0.329 e. The molecule has 0 radical (unpaired) electrons. The van der Waals surface area contributed by atoms with E-state index in [1.807, 2.05) is 0 Å². The Kier molecular flexibility index (Phi) is 3.80. The first-order valence-corrected chi connectivity index (χ1v) is 8.52. The van der Waals surface area contributed by atoms with E-state index in [4.69, 9.17) is 5.73 Å². The minimum atomic E-state index is -2.87. The van der Waals surface area contributed by atoms with Gasteiger partial charge in [-0.15, -0.1) is 0 Å². The van der Waals surface area contributed by atoms with E-state index in [0.717, 1.165) is 19.4 Å². The fraction of sp³-hybridized carbons (Fsp3) is 1.00. The molecule has 2 heterocycles. The molecule has 2 aliphatic heterocycles. The maximum atomic E-state index is 11.8. The highest BCUT2D eigenvalue weighted by Crippen LogP contribution is 2.35.